The maximum absolute atomic E-state index is 11.9. The number of rotatable bonds is 6. The standard InChI is InChI=1S/C19H22N2O3/c1-13-6-5-7-16(10-13)24-12-19(22)21-20-15(3)17-11-14(2)8-9-18(17)23-4/h5-11H,12H2,1-4H3,(H,21,22)/b20-15-. The van der Waals surface area contributed by atoms with E-state index in [2.05, 4.69) is 10.5 Å². The first-order chi connectivity index (χ1) is 11.5. The summed E-state index contributed by atoms with van der Waals surface area (Å²) in [7, 11) is 1.61. The van der Waals surface area contributed by atoms with E-state index in [0.29, 0.717) is 17.2 Å². The minimum atomic E-state index is -0.317. The number of hydrogen-bond acceptors (Lipinski definition) is 4. The van der Waals surface area contributed by atoms with E-state index in [0.717, 1.165) is 16.7 Å². The summed E-state index contributed by atoms with van der Waals surface area (Å²) in [5, 5.41) is 4.13. The van der Waals surface area contributed by atoms with Gasteiger partial charge in [0, 0.05) is 5.56 Å². The maximum atomic E-state index is 11.9. The average molecular weight is 326 g/mol. The second kappa shape index (κ2) is 8.15. The predicted molar refractivity (Wildman–Crippen MR) is 94.8 cm³/mol. The molecule has 2 aromatic carbocycles. The molecule has 0 aliphatic carbocycles. The Morgan fingerprint density at radius 2 is 1.88 bits per heavy atom. The second-order valence-corrected chi connectivity index (χ2v) is 5.54. The summed E-state index contributed by atoms with van der Waals surface area (Å²) in [5.74, 6) is 1.06. The van der Waals surface area contributed by atoms with Crippen LogP contribution in [0.2, 0.25) is 0 Å². The molecule has 1 N–H and O–H groups in total. The van der Waals surface area contributed by atoms with Crippen LogP contribution >= 0.6 is 0 Å². The lowest BCUT2D eigenvalue weighted by atomic mass is 10.1. The van der Waals surface area contributed by atoms with E-state index < -0.39 is 0 Å². The molecule has 0 spiro atoms. The monoisotopic (exact) mass is 326 g/mol. The molecule has 5 heteroatoms. The molecule has 0 bridgehead atoms. The number of carbonyl (C=O) groups excluding carboxylic acids is 1. The van der Waals surface area contributed by atoms with E-state index in [4.69, 9.17) is 9.47 Å². The zero-order valence-corrected chi connectivity index (χ0v) is 14.4. The summed E-state index contributed by atoms with van der Waals surface area (Å²) in [6, 6.07) is 13.3. The van der Waals surface area contributed by atoms with Gasteiger partial charge in [-0.1, -0.05) is 23.8 Å². The molecule has 0 aliphatic heterocycles. The van der Waals surface area contributed by atoms with Gasteiger partial charge < -0.3 is 9.47 Å². The lowest BCUT2D eigenvalue weighted by Crippen LogP contribution is -2.25. The van der Waals surface area contributed by atoms with Gasteiger partial charge >= 0.3 is 0 Å². The van der Waals surface area contributed by atoms with Gasteiger partial charge in [-0.05, 0) is 50.6 Å². The first kappa shape index (κ1) is 17.5. The highest BCUT2D eigenvalue weighted by molar-refractivity contribution is 6.01. The van der Waals surface area contributed by atoms with Crippen LogP contribution in [0.5, 0.6) is 11.5 Å². The molecule has 0 aromatic heterocycles. The molecule has 0 unspecified atom stereocenters. The van der Waals surface area contributed by atoms with Crippen molar-refractivity contribution in [3.63, 3.8) is 0 Å². The van der Waals surface area contributed by atoms with Crippen molar-refractivity contribution in [2.45, 2.75) is 20.8 Å². The Morgan fingerprint density at radius 3 is 2.58 bits per heavy atom. The first-order valence-electron chi connectivity index (χ1n) is 7.67. The average Bonchev–Trinajstić information content (AvgIpc) is 2.58. The van der Waals surface area contributed by atoms with Gasteiger partial charge in [-0.25, -0.2) is 5.43 Å². The van der Waals surface area contributed by atoms with Crippen molar-refractivity contribution >= 4 is 11.6 Å². The largest absolute Gasteiger partial charge is 0.496 e. The van der Waals surface area contributed by atoms with E-state index in [1.54, 1.807) is 7.11 Å². The highest BCUT2D eigenvalue weighted by Crippen LogP contribution is 2.20. The smallest absolute Gasteiger partial charge is 0.277 e. The molecule has 0 heterocycles. The fraction of sp³-hybridized carbons (Fsp3) is 0.263. The molecule has 1 amide bonds. The van der Waals surface area contributed by atoms with Crippen molar-refractivity contribution in [1.29, 1.82) is 0 Å². The van der Waals surface area contributed by atoms with Crippen LogP contribution in [0, 0.1) is 13.8 Å². The second-order valence-electron chi connectivity index (χ2n) is 5.54. The predicted octanol–water partition coefficient (Wildman–Crippen LogP) is 3.23. The third-order valence-electron chi connectivity index (χ3n) is 3.45. The Labute approximate surface area is 142 Å². The van der Waals surface area contributed by atoms with Gasteiger partial charge in [-0.3, -0.25) is 4.79 Å². The van der Waals surface area contributed by atoms with Gasteiger partial charge in [-0.2, -0.15) is 5.10 Å². The summed E-state index contributed by atoms with van der Waals surface area (Å²) in [6.45, 7) is 5.69. The van der Waals surface area contributed by atoms with Gasteiger partial charge in [0.2, 0.25) is 0 Å². The van der Waals surface area contributed by atoms with E-state index in [1.807, 2.05) is 63.2 Å². The van der Waals surface area contributed by atoms with Crippen molar-refractivity contribution < 1.29 is 14.3 Å². The molecule has 0 fully saturated rings. The Bertz CT molecular complexity index is 754. The minimum absolute atomic E-state index is 0.0921. The molecule has 0 saturated carbocycles. The van der Waals surface area contributed by atoms with Crippen LogP contribution in [-0.4, -0.2) is 25.3 Å². The Morgan fingerprint density at radius 1 is 1.12 bits per heavy atom. The van der Waals surface area contributed by atoms with Gasteiger partial charge in [0.15, 0.2) is 6.61 Å². The van der Waals surface area contributed by atoms with Gasteiger partial charge in [0.25, 0.3) is 5.91 Å². The highest BCUT2D eigenvalue weighted by atomic mass is 16.5. The molecule has 5 nitrogen and oxygen atoms in total. The quantitative estimate of drug-likeness (QED) is 0.655. The van der Waals surface area contributed by atoms with Crippen LogP contribution < -0.4 is 14.9 Å². The molecule has 0 radical (unpaired) electrons. The molecular weight excluding hydrogens is 304 g/mol. The topological polar surface area (TPSA) is 59.9 Å². The number of benzene rings is 2. The van der Waals surface area contributed by atoms with Crippen LogP contribution in [0.4, 0.5) is 0 Å². The van der Waals surface area contributed by atoms with Gasteiger partial charge in [0.1, 0.15) is 11.5 Å². The number of nitrogens with zero attached hydrogens (tertiary/aromatic N) is 1. The number of hydrazone groups is 1. The van der Waals surface area contributed by atoms with Crippen LogP contribution in [0.3, 0.4) is 0 Å². The molecular formula is C19H22N2O3. The van der Waals surface area contributed by atoms with Crippen molar-refractivity contribution in [1.82, 2.24) is 5.43 Å². The molecule has 126 valence electrons. The number of amides is 1. The van der Waals surface area contributed by atoms with Crippen LogP contribution in [-0.2, 0) is 4.79 Å². The Hall–Kier alpha value is -2.82. The number of methoxy groups -OCH3 is 1. The number of hydrogen-bond donors (Lipinski definition) is 1. The summed E-state index contributed by atoms with van der Waals surface area (Å²) in [5.41, 5.74) is 6.19. The van der Waals surface area contributed by atoms with Crippen LogP contribution in [0.1, 0.15) is 23.6 Å². The Kier molecular flexibility index (Phi) is 5.95. The van der Waals surface area contributed by atoms with Crippen molar-refractivity contribution in [2.75, 3.05) is 13.7 Å². The number of nitrogens with one attached hydrogen (secondary N) is 1. The van der Waals surface area contributed by atoms with E-state index >= 15 is 0 Å². The fourth-order valence-corrected chi connectivity index (χ4v) is 2.20. The molecule has 0 aliphatic rings. The third kappa shape index (κ3) is 4.84. The van der Waals surface area contributed by atoms with Gasteiger partial charge in [-0.15, -0.1) is 0 Å². The van der Waals surface area contributed by atoms with Crippen molar-refractivity contribution in [3.05, 3.63) is 59.2 Å². The summed E-state index contributed by atoms with van der Waals surface area (Å²) < 4.78 is 10.8. The molecule has 0 atom stereocenters. The molecule has 0 saturated heterocycles. The summed E-state index contributed by atoms with van der Waals surface area (Å²) >= 11 is 0. The summed E-state index contributed by atoms with van der Waals surface area (Å²) in [6.07, 6.45) is 0. The minimum Gasteiger partial charge on any atom is -0.496 e. The number of carbonyl (C=O) groups is 1. The lowest BCUT2D eigenvalue weighted by molar-refractivity contribution is -0.123. The van der Waals surface area contributed by atoms with E-state index in [1.165, 1.54) is 0 Å². The SMILES string of the molecule is COc1ccc(C)cc1/C(C)=N\NC(=O)COc1cccc(C)c1. The lowest BCUT2D eigenvalue weighted by Gasteiger charge is -2.10. The molecule has 2 aromatic rings. The zero-order chi connectivity index (χ0) is 17.5. The normalized spacial score (nSPS) is 11.1. The van der Waals surface area contributed by atoms with Crippen molar-refractivity contribution in [3.8, 4) is 11.5 Å². The van der Waals surface area contributed by atoms with Crippen LogP contribution in [0.15, 0.2) is 47.6 Å². The number of aryl methyl sites for hydroxylation is 2. The first-order valence-corrected chi connectivity index (χ1v) is 7.67. The highest BCUT2D eigenvalue weighted by Gasteiger charge is 2.08. The zero-order valence-electron chi connectivity index (χ0n) is 14.4. The van der Waals surface area contributed by atoms with E-state index in [-0.39, 0.29) is 12.5 Å². The fourth-order valence-electron chi connectivity index (χ4n) is 2.20. The van der Waals surface area contributed by atoms with E-state index in [9.17, 15) is 4.79 Å². The van der Waals surface area contributed by atoms with Crippen molar-refractivity contribution in [2.24, 2.45) is 5.10 Å². The van der Waals surface area contributed by atoms with Crippen LogP contribution in [0.25, 0.3) is 0 Å². The van der Waals surface area contributed by atoms with Gasteiger partial charge in [0.05, 0.1) is 12.8 Å². The molecule has 2 rings (SSSR count). The number of ether oxygens (including phenoxy) is 2. The summed E-state index contributed by atoms with van der Waals surface area (Å²) in [4.78, 5) is 11.9. The third-order valence-corrected chi connectivity index (χ3v) is 3.45. The Balaban J connectivity index is 1.97. The molecule has 24 heavy (non-hydrogen) atoms. The maximum Gasteiger partial charge on any atom is 0.277 e.